The lowest BCUT2D eigenvalue weighted by Crippen LogP contribution is -2.30. The molecule has 6 nitrogen and oxygen atoms in total. The molecule has 0 saturated carbocycles. The van der Waals surface area contributed by atoms with Gasteiger partial charge >= 0.3 is 5.97 Å². The summed E-state index contributed by atoms with van der Waals surface area (Å²) in [7, 11) is 0. The Morgan fingerprint density at radius 3 is 2.62 bits per heavy atom. The molecule has 1 aromatic heterocycles. The Hall–Kier alpha value is -2.63. The van der Waals surface area contributed by atoms with Crippen molar-refractivity contribution in [3.05, 3.63) is 47.3 Å². The normalized spacial score (nSPS) is 13.2. The lowest BCUT2D eigenvalue weighted by atomic mass is 9.97. The highest BCUT2D eigenvalue weighted by atomic mass is 16.6. The Morgan fingerprint density at radius 2 is 2.00 bits per heavy atom. The summed E-state index contributed by atoms with van der Waals surface area (Å²) in [6, 6.07) is 9.08. The van der Waals surface area contributed by atoms with E-state index in [0.717, 1.165) is 17.7 Å². The topological polar surface area (TPSA) is 81.4 Å². The first kappa shape index (κ1) is 17.7. The minimum atomic E-state index is -0.951. The fraction of sp³-hybridized carbons (Fsp3) is 0.389. The van der Waals surface area contributed by atoms with Gasteiger partial charge in [-0.1, -0.05) is 37.2 Å². The molecule has 2 atom stereocenters. The van der Waals surface area contributed by atoms with Crippen molar-refractivity contribution in [3.63, 3.8) is 0 Å². The predicted molar refractivity (Wildman–Crippen MR) is 89.9 cm³/mol. The van der Waals surface area contributed by atoms with E-state index < -0.39 is 18.0 Å². The quantitative estimate of drug-likeness (QED) is 0.817. The molecule has 1 amide bonds. The maximum atomic E-state index is 12.3. The SMILES string of the molecule is CC[C@@H](C)c1ccccc1NC(=O)[C@H](C)OC(=O)c1cc(C)no1. The third kappa shape index (κ3) is 4.22. The number of ether oxygens (including phenoxy) is 1. The van der Waals surface area contributed by atoms with E-state index >= 15 is 0 Å². The minimum absolute atomic E-state index is 0.0212. The van der Waals surface area contributed by atoms with E-state index in [0.29, 0.717) is 11.6 Å². The highest BCUT2D eigenvalue weighted by Gasteiger charge is 2.22. The summed E-state index contributed by atoms with van der Waals surface area (Å²) in [5.74, 6) is -0.813. The Morgan fingerprint density at radius 1 is 1.29 bits per heavy atom. The van der Waals surface area contributed by atoms with E-state index in [1.54, 1.807) is 6.92 Å². The molecule has 0 aliphatic carbocycles. The van der Waals surface area contributed by atoms with Crippen LogP contribution in [-0.2, 0) is 9.53 Å². The van der Waals surface area contributed by atoms with Crippen molar-refractivity contribution in [2.45, 2.75) is 46.1 Å². The standard InChI is InChI=1S/C18H22N2O4/c1-5-11(2)14-8-6-7-9-15(14)19-17(21)13(4)23-18(22)16-10-12(3)20-24-16/h6-11,13H,5H2,1-4H3,(H,19,21)/t11-,13+/m1/s1. The number of nitrogens with zero attached hydrogens (tertiary/aromatic N) is 1. The first-order chi connectivity index (χ1) is 11.4. The zero-order chi connectivity index (χ0) is 17.7. The number of hydrogen-bond acceptors (Lipinski definition) is 5. The predicted octanol–water partition coefficient (Wildman–Crippen LogP) is 3.68. The highest BCUT2D eigenvalue weighted by Crippen LogP contribution is 2.26. The first-order valence-corrected chi connectivity index (χ1v) is 7.96. The summed E-state index contributed by atoms with van der Waals surface area (Å²) in [6.07, 6.45) is 0.00956. The number of benzene rings is 1. The lowest BCUT2D eigenvalue weighted by molar-refractivity contribution is -0.123. The van der Waals surface area contributed by atoms with Crippen LogP contribution in [0.1, 0.15) is 54.9 Å². The van der Waals surface area contributed by atoms with Crippen molar-refractivity contribution in [1.82, 2.24) is 5.16 Å². The molecule has 1 heterocycles. The van der Waals surface area contributed by atoms with Gasteiger partial charge in [-0.15, -0.1) is 0 Å². The third-order valence-corrected chi connectivity index (χ3v) is 3.84. The number of amides is 1. The number of carbonyl (C=O) groups is 2. The molecule has 24 heavy (non-hydrogen) atoms. The molecule has 128 valence electrons. The van der Waals surface area contributed by atoms with Crippen molar-refractivity contribution in [2.75, 3.05) is 5.32 Å². The van der Waals surface area contributed by atoms with E-state index in [1.165, 1.54) is 13.0 Å². The second-order valence-electron chi connectivity index (χ2n) is 5.77. The number of anilines is 1. The van der Waals surface area contributed by atoms with Crippen LogP contribution in [0.2, 0.25) is 0 Å². The zero-order valence-corrected chi connectivity index (χ0v) is 14.3. The third-order valence-electron chi connectivity index (χ3n) is 3.84. The minimum Gasteiger partial charge on any atom is -0.447 e. The van der Waals surface area contributed by atoms with E-state index in [1.807, 2.05) is 24.3 Å². The fourth-order valence-electron chi connectivity index (χ4n) is 2.23. The van der Waals surface area contributed by atoms with Crippen LogP contribution in [0.15, 0.2) is 34.9 Å². The van der Waals surface area contributed by atoms with E-state index in [4.69, 9.17) is 9.26 Å². The number of hydrogen-bond donors (Lipinski definition) is 1. The molecule has 0 aliphatic rings. The van der Waals surface area contributed by atoms with Crippen LogP contribution in [0, 0.1) is 6.92 Å². The molecular weight excluding hydrogens is 308 g/mol. The number of esters is 1. The van der Waals surface area contributed by atoms with Gasteiger partial charge in [0.2, 0.25) is 5.76 Å². The number of aryl methyl sites for hydroxylation is 1. The van der Waals surface area contributed by atoms with Gasteiger partial charge in [-0.25, -0.2) is 4.79 Å². The van der Waals surface area contributed by atoms with Gasteiger partial charge in [0.25, 0.3) is 5.91 Å². The van der Waals surface area contributed by atoms with Gasteiger partial charge in [-0.2, -0.15) is 0 Å². The number of nitrogens with one attached hydrogen (secondary N) is 1. The van der Waals surface area contributed by atoms with Crippen molar-refractivity contribution < 1.29 is 18.8 Å². The van der Waals surface area contributed by atoms with Crippen molar-refractivity contribution in [3.8, 4) is 0 Å². The summed E-state index contributed by atoms with van der Waals surface area (Å²) in [5, 5.41) is 6.45. The summed E-state index contributed by atoms with van der Waals surface area (Å²) >= 11 is 0. The van der Waals surface area contributed by atoms with Crippen LogP contribution in [0.25, 0.3) is 0 Å². The molecule has 0 saturated heterocycles. The molecule has 1 N–H and O–H groups in total. The Labute approximate surface area is 141 Å². The number of para-hydroxylation sites is 1. The van der Waals surface area contributed by atoms with Gasteiger partial charge in [-0.3, -0.25) is 4.79 Å². The number of carbonyl (C=O) groups excluding carboxylic acids is 2. The fourth-order valence-corrected chi connectivity index (χ4v) is 2.23. The lowest BCUT2D eigenvalue weighted by Gasteiger charge is -2.17. The van der Waals surface area contributed by atoms with Gasteiger partial charge in [-0.05, 0) is 37.8 Å². The Balaban J connectivity index is 2.03. The molecule has 0 radical (unpaired) electrons. The molecule has 2 aromatic rings. The maximum absolute atomic E-state index is 12.3. The first-order valence-electron chi connectivity index (χ1n) is 7.96. The summed E-state index contributed by atoms with van der Waals surface area (Å²) in [6.45, 7) is 7.40. The highest BCUT2D eigenvalue weighted by molar-refractivity contribution is 5.97. The Kier molecular flexibility index (Phi) is 5.73. The van der Waals surface area contributed by atoms with Crippen molar-refractivity contribution in [2.24, 2.45) is 0 Å². The average molecular weight is 330 g/mol. The van der Waals surface area contributed by atoms with Gasteiger partial charge in [0, 0.05) is 11.8 Å². The van der Waals surface area contributed by atoms with Gasteiger partial charge < -0.3 is 14.6 Å². The van der Waals surface area contributed by atoms with Crippen LogP contribution in [0.5, 0.6) is 0 Å². The maximum Gasteiger partial charge on any atom is 0.377 e. The van der Waals surface area contributed by atoms with Crippen LogP contribution >= 0.6 is 0 Å². The molecule has 0 spiro atoms. The molecule has 2 rings (SSSR count). The Bertz CT molecular complexity index is 723. The second-order valence-corrected chi connectivity index (χ2v) is 5.77. The monoisotopic (exact) mass is 330 g/mol. The van der Waals surface area contributed by atoms with Gasteiger partial charge in [0.05, 0.1) is 5.69 Å². The van der Waals surface area contributed by atoms with Crippen LogP contribution in [0.3, 0.4) is 0 Å². The van der Waals surface area contributed by atoms with Crippen LogP contribution in [0.4, 0.5) is 5.69 Å². The van der Waals surface area contributed by atoms with E-state index in [-0.39, 0.29) is 5.76 Å². The van der Waals surface area contributed by atoms with Crippen LogP contribution in [-0.4, -0.2) is 23.1 Å². The smallest absolute Gasteiger partial charge is 0.377 e. The number of rotatable bonds is 6. The van der Waals surface area contributed by atoms with Crippen molar-refractivity contribution in [1.29, 1.82) is 0 Å². The summed E-state index contributed by atoms with van der Waals surface area (Å²) < 4.78 is 9.96. The molecule has 0 bridgehead atoms. The summed E-state index contributed by atoms with van der Waals surface area (Å²) in [4.78, 5) is 24.2. The van der Waals surface area contributed by atoms with Gasteiger partial charge in [0.1, 0.15) is 0 Å². The largest absolute Gasteiger partial charge is 0.447 e. The molecule has 6 heteroatoms. The number of aromatic nitrogens is 1. The molecule has 0 aliphatic heterocycles. The second kappa shape index (κ2) is 7.77. The van der Waals surface area contributed by atoms with Gasteiger partial charge in [0.15, 0.2) is 6.10 Å². The summed E-state index contributed by atoms with van der Waals surface area (Å²) in [5.41, 5.74) is 2.36. The zero-order valence-electron chi connectivity index (χ0n) is 14.3. The van der Waals surface area contributed by atoms with Crippen molar-refractivity contribution >= 4 is 17.6 Å². The van der Waals surface area contributed by atoms with E-state index in [9.17, 15) is 9.59 Å². The molecule has 1 aromatic carbocycles. The van der Waals surface area contributed by atoms with Crippen LogP contribution < -0.4 is 5.32 Å². The average Bonchev–Trinajstić information content (AvgIpc) is 3.01. The molecule has 0 fully saturated rings. The van der Waals surface area contributed by atoms with E-state index in [2.05, 4.69) is 24.3 Å². The molecule has 0 unspecified atom stereocenters. The molecular formula is C18H22N2O4.